The number of carbonyl (C=O) groups is 1. The van der Waals surface area contributed by atoms with Gasteiger partial charge in [-0.1, -0.05) is 23.7 Å². The Kier molecular flexibility index (Phi) is 6.63. The van der Waals surface area contributed by atoms with Crippen molar-refractivity contribution in [3.8, 4) is 17.3 Å². The van der Waals surface area contributed by atoms with E-state index in [1.807, 2.05) is 0 Å². The van der Waals surface area contributed by atoms with Crippen LogP contribution < -0.4 is 10.1 Å². The summed E-state index contributed by atoms with van der Waals surface area (Å²) in [7, 11) is 0. The molecule has 6 nitrogen and oxygen atoms in total. The number of hydrogen-bond acceptors (Lipinski definition) is 4. The SMILES string of the molecule is O=C(COc1cc(C(F)(F)F)nn1-c1ccccc1Cl)Nc1cc(Br)c(O)c(Br)c1. The molecule has 0 bridgehead atoms. The average Bonchev–Trinajstić information content (AvgIpc) is 3.09. The molecule has 0 aliphatic carbocycles. The number of rotatable bonds is 5. The molecule has 0 saturated carbocycles. The van der Waals surface area contributed by atoms with E-state index < -0.39 is 24.4 Å². The van der Waals surface area contributed by atoms with Crippen molar-refractivity contribution in [3.05, 3.63) is 62.1 Å². The monoisotopic (exact) mass is 567 g/mol. The molecule has 0 aliphatic rings. The van der Waals surface area contributed by atoms with Gasteiger partial charge in [-0.2, -0.15) is 23.0 Å². The van der Waals surface area contributed by atoms with Crippen LogP contribution in [0.3, 0.4) is 0 Å². The molecule has 0 aliphatic heterocycles. The van der Waals surface area contributed by atoms with E-state index in [2.05, 4.69) is 42.3 Å². The van der Waals surface area contributed by atoms with Gasteiger partial charge >= 0.3 is 6.18 Å². The van der Waals surface area contributed by atoms with Gasteiger partial charge < -0.3 is 15.2 Å². The molecule has 0 saturated heterocycles. The summed E-state index contributed by atoms with van der Waals surface area (Å²) in [6, 6.07) is 9.73. The Morgan fingerprint density at radius 2 is 1.83 bits per heavy atom. The van der Waals surface area contributed by atoms with Crippen LogP contribution in [0.15, 0.2) is 51.4 Å². The van der Waals surface area contributed by atoms with Crippen LogP contribution in [0, 0.1) is 0 Å². The number of amides is 1. The van der Waals surface area contributed by atoms with E-state index in [4.69, 9.17) is 16.3 Å². The summed E-state index contributed by atoms with van der Waals surface area (Å²) >= 11 is 12.3. The molecule has 12 heteroatoms. The van der Waals surface area contributed by atoms with Crippen molar-refractivity contribution < 1.29 is 27.8 Å². The van der Waals surface area contributed by atoms with Crippen molar-refractivity contribution in [1.82, 2.24) is 9.78 Å². The predicted octanol–water partition coefficient (Wildman–Crippen LogP) is 5.79. The highest BCUT2D eigenvalue weighted by molar-refractivity contribution is 9.11. The second-order valence-electron chi connectivity index (χ2n) is 5.85. The Balaban J connectivity index is 1.81. The molecule has 2 aromatic carbocycles. The van der Waals surface area contributed by atoms with Gasteiger partial charge in [0, 0.05) is 11.8 Å². The van der Waals surface area contributed by atoms with Gasteiger partial charge in [-0.3, -0.25) is 4.79 Å². The van der Waals surface area contributed by atoms with Gasteiger partial charge in [-0.25, -0.2) is 0 Å². The number of aromatic nitrogens is 2. The molecule has 3 aromatic rings. The van der Waals surface area contributed by atoms with Gasteiger partial charge in [-0.15, -0.1) is 0 Å². The first-order valence-corrected chi connectivity index (χ1v) is 10.1. The number of nitrogens with one attached hydrogen (secondary N) is 1. The normalized spacial score (nSPS) is 11.4. The average molecular weight is 570 g/mol. The van der Waals surface area contributed by atoms with Crippen LogP contribution in [0.4, 0.5) is 18.9 Å². The maximum atomic E-state index is 13.1. The molecule has 30 heavy (non-hydrogen) atoms. The number of nitrogens with zero attached hydrogens (tertiary/aromatic N) is 2. The summed E-state index contributed by atoms with van der Waals surface area (Å²) in [6.45, 7) is -0.594. The highest BCUT2D eigenvalue weighted by Crippen LogP contribution is 2.35. The van der Waals surface area contributed by atoms with E-state index >= 15 is 0 Å². The Hall–Kier alpha value is -2.24. The second-order valence-corrected chi connectivity index (χ2v) is 7.97. The van der Waals surface area contributed by atoms with Gasteiger partial charge in [-0.05, 0) is 56.1 Å². The first-order chi connectivity index (χ1) is 14.1. The minimum atomic E-state index is -4.71. The number of hydrogen-bond donors (Lipinski definition) is 2. The molecule has 0 unspecified atom stereocenters. The van der Waals surface area contributed by atoms with E-state index in [1.54, 1.807) is 12.1 Å². The van der Waals surface area contributed by atoms with Crippen molar-refractivity contribution in [3.63, 3.8) is 0 Å². The maximum absolute atomic E-state index is 13.1. The number of para-hydroxylation sites is 1. The number of phenolic OH excluding ortho intramolecular Hbond substituents is 1. The third kappa shape index (κ3) is 5.08. The summed E-state index contributed by atoms with van der Waals surface area (Å²) in [6.07, 6.45) is -4.71. The topological polar surface area (TPSA) is 76.4 Å². The Morgan fingerprint density at radius 1 is 1.20 bits per heavy atom. The number of aromatic hydroxyl groups is 1. The zero-order valence-electron chi connectivity index (χ0n) is 14.7. The third-order valence-electron chi connectivity index (χ3n) is 3.70. The van der Waals surface area contributed by atoms with Crippen LogP contribution >= 0.6 is 43.5 Å². The van der Waals surface area contributed by atoms with Crippen LogP contribution in [-0.4, -0.2) is 27.4 Å². The van der Waals surface area contributed by atoms with E-state index in [-0.39, 0.29) is 22.3 Å². The first kappa shape index (κ1) is 22.4. The molecule has 1 aromatic heterocycles. The van der Waals surface area contributed by atoms with E-state index in [0.29, 0.717) is 20.7 Å². The molecule has 0 atom stereocenters. The molecule has 1 amide bonds. The lowest BCUT2D eigenvalue weighted by Gasteiger charge is -2.11. The Labute approximate surface area is 189 Å². The minimum absolute atomic E-state index is 0.0485. The second kappa shape index (κ2) is 8.86. The molecular weight excluding hydrogens is 558 g/mol. The molecule has 2 N–H and O–H groups in total. The number of benzene rings is 2. The van der Waals surface area contributed by atoms with Crippen LogP contribution in [-0.2, 0) is 11.0 Å². The van der Waals surface area contributed by atoms with Crippen LogP contribution in [0.5, 0.6) is 11.6 Å². The largest absolute Gasteiger partial charge is 0.506 e. The summed E-state index contributed by atoms with van der Waals surface area (Å²) < 4.78 is 46.2. The van der Waals surface area contributed by atoms with Crippen LogP contribution in [0.2, 0.25) is 5.02 Å². The van der Waals surface area contributed by atoms with Crippen LogP contribution in [0.25, 0.3) is 5.69 Å². The molecule has 3 rings (SSSR count). The highest BCUT2D eigenvalue weighted by Gasteiger charge is 2.36. The third-order valence-corrected chi connectivity index (χ3v) is 5.23. The van der Waals surface area contributed by atoms with Gasteiger partial charge in [0.05, 0.1) is 19.7 Å². The summed E-state index contributed by atoms with van der Waals surface area (Å²) in [5.74, 6) is -0.994. The summed E-state index contributed by atoms with van der Waals surface area (Å²) in [5.41, 5.74) is -0.698. The number of halogens is 6. The summed E-state index contributed by atoms with van der Waals surface area (Å²) in [4.78, 5) is 12.2. The Bertz CT molecular complexity index is 1080. The van der Waals surface area contributed by atoms with E-state index in [9.17, 15) is 23.1 Å². The van der Waals surface area contributed by atoms with Gasteiger partial charge in [0.2, 0.25) is 5.88 Å². The fraction of sp³-hybridized carbons (Fsp3) is 0.111. The summed E-state index contributed by atoms with van der Waals surface area (Å²) in [5, 5.41) is 15.9. The molecule has 158 valence electrons. The number of carbonyl (C=O) groups excluding carboxylic acids is 1. The lowest BCUT2D eigenvalue weighted by Crippen LogP contribution is -2.21. The zero-order chi connectivity index (χ0) is 22.1. The smallest absolute Gasteiger partial charge is 0.435 e. The van der Waals surface area contributed by atoms with Gasteiger partial charge in [0.25, 0.3) is 5.91 Å². The molecule has 0 spiro atoms. The lowest BCUT2D eigenvalue weighted by atomic mass is 10.3. The predicted molar refractivity (Wildman–Crippen MR) is 111 cm³/mol. The van der Waals surface area contributed by atoms with Crippen molar-refractivity contribution >= 4 is 55.1 Å². The van der Waals surface area contributed by atoms with Gasteiger partial charge in [0.15, 0.2) is 12.3 Å². The van der Waals surface area contributed by atoms with Gasteiger partial charge in [0.1, 0.15) is 5.75 Å². The minimum Gasteiger partial charge on any atom is -0.506 e. The number of phenols is 1. The maximum Gasteiger partial charge on any atom is 0.435 e. The lowest BCUT2D eigenvalue weighted by molar-refractivity contribution is -0.141. The van der Waals surface area contributed by atoms with E-state index in [0.717, 1.165) is 4.68 Å². The fourth-order valence-corrected chi connectivity index (χ4v) is 3.78. The molecule has 1 heterocycles. The van der Waals surface area contributed by atoms with Crippen molar-refractivity contribution in [2.45, 2.75) is 6.18 Å². The molecular formula is C18H11Br2ClF3N3O3. The van der Waals surface area contributed by atoms with Crippen LogP contribution in [0.1, 0.15) is 5.69 Å². The Morgan fingerprint density at radius 3 is 2.43 bits per heavy atom. The first-order valence-electron chi connectivity index (χ1n) is 8.09. The number of anilines is 1. The molecule has 0 radical (unpaired) electrons. The van der Waals surface area contributed by atoms with E-state index in [1.165, 1.54) is 24.3 Å². The van der Waals surface area contributed by atoms with Crippen molar-refractivity contribution in [2.24, 2.45) is 0 Å². The number of alkyl halides is 3. The molecule has 0 fully saturated rings. The highest BCUT2D eigenvalue weighted by atomic mass is 79.9. The number of ether oxygens (including phenoxy) is 1. The quantitative estimate of drug-likeness (QED) is 0.382. The van der Waals surface area contributed by atoms with Crippen molar-refractivity contribution in [1.29, 1.82) is 0 Å². The zero-order valence-corrected chi connectivity index (χ0v) is 18.6. The standard InChI is InChI=1S/C18H11Br2ClF3N3O3/c19-10-5-9(6-11(20)17(10)29)25-15(28)8-30-16-7-14(18(22,23)24)26-27(16)13-4-2-1-3-12(13)21/h1-7,29H,8H2,(H,25,28). The fourth-order valence-electron chi connectivity index (χ4n) is 2.38. The van der Waals surface area contributed by atoms with Crippen molar-refractivity contribution in [2.75, 3.05) is 11.9 Å².